The Morgan fingerprint density at radius 2 is 2.15 bits per heavy atom. The molecule has 20 heavy (non-hydrogen) atoms. The van der Waals surface area contributed by atoms with Crippen LogP contribution in [0.1, 0.15) is 11.1 Å². The maximum atomic E-state index is 6.05. The monoisotopic (exact) mass is 332 g/mol. The van der Waals surface area contributed by atoms with Crippen molar-refractivity contribution in [3.05, 3.63) is 52.0 Å². The van der Waals surface area contributed by atoms with Crippen LogP contribution in [0.15, 0.2) is 40.9 Å². The molecule has 0 aliphatic carbocycles. The summed E-state index contributed by atoms with van der Waals surface area (Å²) in [5, 5.41) is 0. The number of fused-ring (bicyclic) bond motifs is 1. The molecule has 0 aromatic heterocycles. The zero-order valence-corrected chi connectivity index (χ0v) is 13.0. The summed E-state index contributed by atoms with van der Waals surface area (Å²) in [5.74, 6) is 0.884. The van der Waals surface area contributed by atoms with Gasteiger partial charge in [0.05, 0.1) is 7.11 Å². The average Bonchev–Trinajstić information content (AvgIpc) is 2.86. The van der Waals surface area contributed by atoms with Crippen molar-refractivity contribution >= 4 is 27.3 Å². The maximum Gasteiger partial charge on any atom is 0.119 e. The van der Waals surface area contributed by atoms with E-state index in [-0.39, 0.29) is 0 Å². The number of nitrogen functional groups attached to an aromatic ring is 1. The number of benzene rings is 2. The molecule has 1 aliphatic heterocycles. The molecular weight excluding hydrogens is 316 g/mol. The molecule has 0 spiro atoms. The minimum atomic E-state index is 0.855. The van der Waals surface area contributed by atoms with Crippen LogP contribution in [0, 0.1) is 0 Å². The van der Waals surface area contributed by atoms with E-state index in [9.17, 15) is 0 Å². The van der Waals surface area contributed by atoms with Crippen molar-refractivity contribution in [1.82, 2.24) is 0 Å². The summed E-state index contributed by atoms with van der Waals surface area (Å²) in [6.45, 7) is 1.86. The Kier molecular flexibility index (Phi) is 3.57. The quantitative estimate of drug-likeness (QED) is 0.872. The number of nitrogens with two attached hydrogens (primary N) is 1. The summed E-state index contributed by atoms with van der Waals surface area (Å²) in [5.41, 5.74) is 10.7. The predicted molar refractivity (Wildman–Crippen MR) is 86.3 cm³/mol. The molecule has 1 aliphatic rings. The van der Waals surface area contributed by atoms with E-state index < -0.39 is 0 Å². The van der Waals surface area contributed by atoms with Crippen LogP contribution in [0.2, 0.25) is 0 Å². The first kappa shape index (κ1) is 13.3. The van der Waals surface area contributed by atoms with Crippen molar-refractivity contribution in [2.24, 2.45) is 0 Å². The van der Waals surface area contributed by atoms with E-state index in [1.165, 1.54) is 16.8 Å². The van der Waals surface area contributed by atoms with Gasteiger partial charge in [0.25, 0.3) is 0 Å². The highest BCUT2D eigenvalue weighted by Crippen LogP contribution is 2.34. The lowest BCUT2D eigenvalue weighted by atomic mass is 10.1. The van der Waals surface area contributed by atoms with Gasteiger partial charge < -0.3 is 15.4 Å². The molecule has 3 nitrogen and oxygen atoms in total. The standard InChI is InChI=1S/C16H17BrN2O/c1-20-12-5-6-14(17)11(9-12)10-19-8-7-13-15(18)3-2-4-16(13)19/h2-6,9H,7-8,10,18H2,1H3. The van der Waals surface area contributed by atoms with Crippen molar-refractivity contribution in [1.29, 1.82) is 0 Å². The minimum Gasteiger partial charge on any atom is -0.497 e. The lowest BCUT2D eigenvalue weighted by Crippen LogP contribution is -2.19. The second-order valence-electron chi connectivity index (χ2n) is 4.97. The minimum absolute atomic E-state index is 0.855. The highest BCUT2D eigenvalue weighted by Gasteiger charge is 2.21. The molecule has 2 N–H and O–H groups in total. The number of hydrogen-bond donors (Lipinski definition) is 1. The Hall–Kier alpha value is -1.68. The summed E-state index contributed by atoms with van der Waals surface area (Å²) in [4.78, 5) is 2.37. The van der Waals surface area contributed by atoms with Crippen LogP contribution in [0.4, 0.5) is 11.4 Å². The topological polar surface area (TPSA) is 38.5 Å². The van der Waals surface area contributed by atoms with Gasteiger partial charge in [0.1, 0.15) is 5.75 Å². The normalized spacial score (nSPS) is 13.4. The number of halogens is 1. The highest BCUT2D eigenvalue weighted by molar-refractivity contribution is 9.10. The van der Waals surface area contributed by atoms with E-state index in [0.717, 1.165) is 35.4 Å². The third-order valence-electron chi connectivity index (χ3n) is 3.77. The van der Waals surface area contributed by atoms with E-state index in [0.29, 0.717) is 0 Å². The van der Waals surface area contributed by atoms with Gasteiger partial charge in [-0.05, 0) is 42.3 Å². The smallest absolute Gasteiger partial charge is 0.119 e. The largest absolute Gasteiger partial charge is 0.497 e. The van der Waals surface area contributed by atoms with Gasteiger partial charge in [0.15, 0.2) is 0 Å². The molecule has 0 unspecified atom stereocenters. The fourth-order valence-corrected chi connectivity index (χ4v) is 3.07. The molecule has 0 saturated carbocycles. The SMILES string of the molecule is COc1ccc(Br)c(CN2CCc3c(N)cccc32)c1. The fraction of sp³-hybridized carbons (Fsp3) is 0.250. The Bertz CT molecular complexity index is 642. The molecule has 104 valence electrons. The van der Waals surface area contributed by atoms with Crippen LogP contribution in [0.25, 0.3) is 0 Å². The van der Waals surface area contributed by atoms with Crippen LogP contribution in [-0.2, 0) is 13.0 Å². The van der Waals surface area contributed by atoms with Gasteiger partial charge in [-0.3, -0.25) is 0 Å². The van der Waals surface area contributed by atoms with Crippen LogP contribution >= 0.6 is 15.9 Å². The summed E-state index contributed by atoms with van der Waals surface area (Å²) < 4.78 is 6.41. The number of hydrogen-bond acceptors (Lipinski definition) is 3. The van der Waals surface area contributed by atoms with Crippen molar-refractivity contribution in [2.75, 3.05) is 24.3 Å². The number of anilines is 2. The van der Waals surface area contributed by atoms with Crippen LogP contribution < -0.4 is 15.4 Å². The lowest BCUT2D eigenvalue weighted by molar-refractivity contribution is 0.414. The zero-order valence-electron chi connectivity index (χ0n) is 11.4. The van der Waals surface area contributed by atoms with Gasteiger partial charge in [-0.2, -0.15) is 0 Å². The molecular formula is C16H17BrN2O. The predicted octanol–water partition coefficient (Wildman–Crippen LogP) is 3.60. The summed E-state index contributed by atoms with van der Waals surface area (Å²) in [6, 6.07) is 12.2. The maximum absolute atomic E-state index is 6.05. The molecule has 4 heteroatoms. The molecule has 2 aromatic rings. The molecule has 1 heterocycles. The van der Waals surface area contributed by atoms with Crippen molar-refractivity contribution < 1.29 is 4.74 Å². The van der Waals surface area contributed by atoms with E-state index >= 15 is 0 Å². The number of ether oxygens (including phenoxy) is 1. The van der Waals surface area contributed by atoms with E-state index in [4.69, 9.17) is 10.5 Å². The van der Waals surface area contributed by atoms with Crippen molar-refractivity contribution in [2.45, 2.75) is 13.0 Å². The van der Waals surface area contributed by atoms with E-state index in [1.807, 2.05) is 24.3 Å². The van der Waals surface area contributed by atoms with Crippen LogP contribution in [0.5, 0.6) is 5.75 Å². The van der Waals surface area contributed by atoms with Gasteiger partial charge >= 0.3 is 0 Å². The molecule has 0 fully saturated rings. The van der Waals surface area contributed by atoms with Crippen molar-refractivity contribution in [3.63, 3.8) is 0 Å². The molecule has 2 aromatic carbocycles. The second-order valence-corrected chi connectivity index (χ2v) is 5.83. The average molecular weight is 333 g/mol. The molecule has 3 rings (SSSR count). The number of nitrogens with zero attached hydrogens (tertiary/aromatic N) is 1. The highest BCUT2D eigenvalue weighted by atomic mass is 79.9. The Morgan fingerprint density at radius 1 is 1.30 bits per heavy atom. The van der Waals surface area contributed by atoms with Gasteiger partial charge in [0, 0.05) is 34.5 Å². The number of methoxy groups -OCH3 is 1. The second kappa shape index (κ2) is 5.37. The Morgan fingerprint density at radius 3 is 2.95 bits per heavy atom. The molecule has 0 atom stereocenters. The van der Waals surface area contributed by atoms with Gasteiger partial charge in [-0.1, -0.05) is 22.0 Å². The van der Waals surface area contributed by atoms with Gasteiger partial charge in [0.2, 0.25) is 0 Å². The molecule has 0 saturated heterocycles. The molecule has 0 bridgehead atoms. The third kappa shape index (κ3) is 2.36. The molecule has 0 amide bonds. The first-order chi connectivity index (χ1) is 9.69. The Labute approximate surface area is 127 Å². The van der Waals surface area contributed by atoms with E-state index in [1.54, 1.807) is 7.11 Å². The third-order valence-corrected chi connectivity index (χ3v) is 4.55. The summed E-state index contributed by atoms with van der Waals surface area (Å²) in [6.07, 6.45) is 1.02. The summed E-state index contributed by atoms with van der Waals surface area (Å²) >= 11 is 3.61. The van der Waals surface area contributed by atoms with Gasteiger partial charge in [-0.25, -0.2) is 0 Å². The van der Waals surface area contributed by atoms with Gasteiger partial charge in [-0.15, -0.1) is 0 Å². The summed E-state index contributed by atoms with van der Waals surface area (Å²) in [7, 11) is 1.69. The fourth-order valence-electron chi connectivity index (χ4n) is 2.70. The van der Waals surface area contributed by atoms with E-state index in [2.05, 4.69) is 33.0 Å². The zero-order chi connectivity index (χ0) is 14.1. The Balaban J connectivity index is 1.89. The molecule has 0 radical (unpaired) electrons. The van der Waals surface area contributed by atoms with Crippen LogP contribution in [0.3, 0.4) is 0 Å². The first-order valence-electron chi connectivity index (χ1n) is 6.64. The van der Waals surface area contributed by atoms with Crippen LogP contribution in [-0.4, -0.2) is 13.7 Å². The number of rotatable bonds is 3. The van der Waals surface area contributed by atoms with Crippen molar-refractivity contribution in [3.8, 4) is 5.75 Å². The lowest BCUT2D eigenvalue weighted by Gasteiger charge is -2.21. The first-order valence-corrected chi connectivity index (χ1v) is 7.43.